The summed E-state index contributed by atoms with van der Waals surface area (Å²) in [4.78, 5) is 21.6. The molecule has 1 saturated heterocycles. The van der Waals surface area contributed by atoms with E-state index >= 15 is 0 Å². The number of imidazole rings is 1. The number of ether oxygens (including phenoxy) is 1. The Hall–Kier alpha value is -2.46. The molecule has 0 bridgehead atoms. The fraction of sp³-hybridized carbons (Fsp3) is 0.500. The van der Waals surface area contributed by atoms with Crippen LogP contribution in [0.15, 0.2) is 11.5 Å². The molecule has 0 saturated carbocycles. The molecule has 1 aliphatic rings. The van der Waals surface area contributed by atoms with Gasteiger partial charge in [0.25, 0.3) is 0 Å². The number of aliphatic hydroxyl groups excluding tert-OH is 1. The van der Waals surface area contributed by atoms with E-state index in [1.807, 2.05) is 0 Å². The van der Waals surface area contributed by atoms with Gasteiger partial charge in [-0.15, -0.1) is 0 Å². The van der Waals surface area contributed by atoms with Gasteiger partial charge in [-0.1, -0.05) is 29.2 Å². The quantitative estimate of drug-likeness (QED) is 0.333. The summed E-state index contributed by atoms with van der Waals surface area (Å²) >= 11 is 5.09. The van der Waals surface area contributed by atoms with Gasteiger partial charge >= 0.3 is 0 Å². The number of nitrogens with zero attached hydrogens (tertiary/aromatic N) is 4. The second-order valence-electron chi connectivity index (χ2n) is 5.78. The summed E-state index contributed by atoms with van der Waals surface area (Å²) in [5, 5.41) is 24.3. The van der Waals surface area contributed by atoms with Crippen LogP contribution in [-0.2, 0) is 4.74 Å². The molecular weight excluding hydrogens is 367 g/mol. The van der Waals surface area contributed by atoms with E-state index in [0.29, 0.717) is 0 Å². The number of halogens is 1. The molecule has 26 heavy (non-hydrogen) atoms. The molecule has 0 aromatic carbocycles. The minimum absolute atomic E-state index is 0.000605. The van der Waals surface area contributed by atoms with Gasteiger partial charge in [0.1, 0.15) is 36.1 Å². The van der Waals surface area contributed by atoms with E-state index < -0.39 is 36.8 Å². The van der Waals surface area contributed by atoms with Crippen molar-refractivity contribution < 1.29 is 19.3 Å². The van der Waals surface area contributed by atoms with Crippen LogP contribution in [-0.4, -0.2) is 60.3 Å². The van der Waals surface area contributed by atoms with Gasteiger partial charge in [0.2, 0.25) is 0 Å². The smallest absolute Gasteiger partial charge is 0.200 e. The van der Waals surface area contributed by atoms with Crippen LogP contribution in [0.5, 0.6) is 0 Å². The van der Waals surface area contributed by atoms with Crippen molar-refractivity contribution in [2.45, 2.75) is 37.0 Å². The molecular formula is C14H15FN6O4S. The lowest BCUT2D eigenvalue weighted by Gasteiger charge is -2.26. The van der Waals surface area contributed by atoms with Crippen molar-refractivity contribution in [2.24, 2.45) is 5.18 Å². The predicted octanol–water partition coefficient (Wildman–Crippen LogP) is 0.188. The first-order valence-electron chi connectivity index (χ1n) is 7.50. The van der Waals surface area contributed by atoms with Crippen molar-refractivity contribution in [2.75, 3.05) is 12.4 Å². The number of aliphatic hydroxyl groups is 2. The van der Waals surface area contributed by atoms with Gasteiger partial charge in [-0.3, -0.25) is 4.57 Å². The highest BCUT2D eigenvalue weighted by atomic mass is 32.1. The lowest BCUT2D eigenvalue weighted by Crippen LogP contribution is -2.47. The van der Waals surface area contributed by atoms with Gasteiger partial charge in [-0.2, -0.15) is 4.91 Å². The molecule has 12 heteroatoms. The van der Waals surface area contributed by atoms with Gasteiger partial charge in [0.05, 0.1) is 6.33 Å². The molecule has 3 heterocycles. The highest BCUT2D eigenvalue weighted by Gasteiger charge is 2.57. The van der Waals surface area contributed by atoms with Crippen molar-refractivity contribution in [1.29, 1.82) is 0 Å². The van der Waals surface area contributed by atoms with Crippen molar-refractivity contribution in [3.8, 4) is 11.8 Å². The minimum Gasteiger partial charge on any atom is -0.386 e. The second-order valence-corrected chi connectivity index (χ2v) is 6.17. The van der Waals surface area contributed by atoms with E-state index in [2.05, 4.69) is 32.0 Å². The van der Waals surface area contributed by atoms with E-state index in [0.717, 1.165) is 0 Å². The number of alkyl halides is 1. The van der Waals surface area contributed by atoms with Gasteiger partial charge < -0.3 is 25.7 Å². The highest BCUT2D eigenvalue weighted by Crippen LogP contribution is 2.41. The van der Waals surface area contributed by atoms with E-state index in [4.69, 9.17) is 22.7 Å². The first-order chi connectivity index (χ1) is 12.3. The molecule has 0 amide bonds. The second kappa shape index (κ2) is 6.69. The van der Waals surface area contributed by atoms with E-state index in [1.165, 1.54) is 17.8 Å². The maximum atomic E-state index is 12.6. The first kappa shape index (κ1) is 18.3. The highest BCUT2D eigenvalue weighted by molar-refractivity contribution is 7.71. The molecule has 0 spiro atoms. The molecule has 2 aromatic rings. The predicted molar refractivity (Wildman–Crippen MR) is 91.0 cm³/mol. The maximum Gasteiger partial charge on any atom is 0.200 e. The Kier molecular flexibility index (Phi) is 4.72. The Labute approximate surface area is 151 Å². The number of anilines is 1. The number of nitrogen functional groups attached to an aromatic ring is 1. The molecule has 5 N–H and O–H groups in total. The van der Waals surface area contributed by atoms with Gasteiger partial charge in [-0.05, 0) is 6.92 Å². The third-order valence-electron chi connectivity index (χ3n) is 4.14. The number of aromatic nitrogens is 4. The van der Waals surface area contributed by atoms with Crippen LogP contribution in [0.1, 0.15) is 13.2 Å². The van der Waals surface area contributed by atoms with E-state index in [1.54, 1.807) is 0 Å². The van der Waals surface area contributed by atoms with Crippen LogP contribution < -0.4 is 5.73 Å². The molecule has 1 aliphatic heterocycles. The van der Waals surface area contributed by atoms with Gasteiger partial charge in [0.15, 0.2) is 22.4 Å². The lowest BCUT2D eigenvalue weighted by molar-refractivity contribution is -0.0695. The normalized spacial score (nSPS) is 29.3. The minimum atomic E-state index is -2.23. The van der Waals surface area contributed by atoms with Crippen LogP contribution in [0, 0.1) is 21.4 Å². The molecule has 0 aliphatic carbocycles. The largest absolute Gasteiger partial charge is 0.386 e. The summed E-state index contributed by atoms with van der Waals surface area (Å²) in [6.45, 7) is 0.367. The van der Waals surface area contributed by atoms with E-state index in [-0.39, 0.29) is 21.8 Å². The molecule has 5 atom stereocenters. The Morgan fingerprint density at radius 2 is 2.42 bits per heavy atom. The zero-order valence-corrected chi connectivity index (χ0v) is 14.3. The summed E-state index contributed by atoms with van der Waals surface area (Å²) in [7, 11) is 0. The Morgan fingerprint density at radius 3 is 3.08 bits per heavy atom. The number of nitrogens with one attached hydrogen (secondary N) is 1. The molecule has 1 unspecified atom stereocenters. The third-order valence-corrected chi connectivity index (χ3v) is 4.42. The molecule has 138 valence electrons. The van der Waals surface area contributed by atoms with E-state index in [9.17, 15) is 19.5 Å². The molecule has 10 nitrogen and oxygen atoms in total. The number of rotatable bonds is 3. The zero-order valence-electron chi connectivity index (χ0n) is 13.5. The number of fused-ring (bicyclic) bond motifs is 1. The summed E-state index contributed by atoms with van der Waals surface area (Å²) in [6, 6.07) is -0.992. The first-order valence-corrected chi connectivity index (χ1v) is 7.91. The fourth-order valence-electron chi connectivity index (χ4n) is 2.88. The van der Waals surface area contributed by atoms with Crippen LogP contribution in [0.25, 0.3) is 11.2 Å². The Bertz CT molecular complexity index is 968. The topological polar surface area (TPSA) is 152 Å². The van der Waals surface area contributed by atoms with Gasteiger partial charge in [-0.25, -0.2) is 14.4 Å². The summed E-state index contributed by atoms with van der Waals surface area (Å²) < 4.78 is 19.6. The molecule has 3 rings (SSSR count). The van der Waals surface area contributed by atoms with Crippen LogP contribution in [0.3, 0.4) is 0 Å². The van der Waals surface area contributed by atoms with Crippen LogP contribution in [0.2, 0.25) is 0 Å². The van der Waals surface area contributed by atoms with Crippen molar-refractivity contribution >= 4 is 29.3 Å². The Balaban J connectivity index is 2.18. The van der Waals surface area contributed by atoms with Crippen molar-refractivity contribution in [1.82, 2.24) is 19.5 Å². The number of nitroso groups, excluding NO2 is 1. The number of aromatic amines is 1. The van der Waals surface area contributed by atoms with Crippen molar-refractivity contribution in [3.63, 3.8) is 0 Å². The monoisotopic (exact) mass is 382 g/mol. The number of hydrogen-bond acceptors (Lipinski definition) is 9. The summed E-state index contributed by atoms with van der Waals surface area (Å²) in [5.41, 5.74) is 3.97. The van der Waals surface area contributed by atoms with Crippen molar-refractivity contribution in [3.05, 3.63) is 15.9 Å². The summed E-state index contributed by atoms with van der Waals surface area (Å²) in [5.74, 6) is 4.36. The molecule has 1 fully saturated rings. The number of hydrogen-bond donors (Lipinski definition) is 4. The standard InChI is InChI=1S/C14H15FN6O4S/c1-6(20-24)8-9(22)14(23,3-2-4-15)12(25-8)21-5-17-7-10(21)18-13(16)19-11(7)26/h5-6,8-9,12,22-23H,4H2,1H3,(H3,16,18,19,26)/t6-,8-,9?,12-,14-/m1/s1. The lowest BCUT2D eigenvalue weighted by atomic mass is 9.92. The average Bonchev–Trinajstić information content (AvgIpc) is 3.13. The fourth-order valence-corrected chi connectivity index (χ4v) is 3.13. The zero-order chi connectivity index (χ0) is 19.1. The molecule has 2 aromatic heterocycles. The third kappa shape index (κ3) is 2.74. The maximum absolute atomic E-state index is 12.6. The molecule has 0 radical (unpaired) electrons. The van der Waals surface area contributed by atoms with Crippen LogP contribution in [0.4, 0.5) is 10.3 Å². The Morgan fingerprint density at radius 1 is 1.69 bits per heavy atom. The van der Waals surface area contributed by atoms with Crippen LogP contribution >= 0.6 is 12.2 Å². The number of H-pyrrole nitrogens is 1. The average molecular weight is 382 g/mol. The number of nitrogens with two attached hydrogens (primary N) is 1. The summed E-state index contributed by atoms with van der Waals surface area (Å²) in [6.07, 6.45) is -2.85. The van der Waals surface area contributed by atoms with Gasteiger partial charge in [0, 0.05) is 0 Å². The SMILES string of the molecule is C[C@@H](N=O)[C@H]1O[C@@H](n2cnc3c(=S)nc(N)[nH]c32)[C@@](O)(C#CCF)C1O.